The van der Waals surface area contributed by atoms with Gasteiger partial charge < -0.3 is 15.8 Å². The van der Waals surface area contributed by atoms with Crippen molar-refractivity contribution in [3.8, 4) is 0 Å². The van der Waals surface area contributed by atoms with Crippen molar-refractivity contribution in [1.29, 1.82) is 0 Å². The van der Waals surface area contributed by atoms with Gasteiger partial charge in [0.25, 0.3) is 0 Å². The summed E-state index contributed by atoms with van der Waals surface area (Å²) in [6, 6.07) is 6.22. The quantitative estimate of drug-likeness (QED) is 0.429. The van der Waals surface area contributed by atoms with Crippen LogP contribution in [0.1, 0.15) is 37.8 Å². The number of hydrogen-bond donors (Lipinski definition) is 2. The molecule has 1 heterocycles. The molecule has 5 heteroatoms. The van der Waals surface area contributed by atoms with Crippen LogP contribution in [0.2, 0.25) is 0 Å². The third kappa shape index (κ3) is 5.95. The number of anilines is 1. The van der Waals surface area contributed by atoms with Crippen molar-refractivity contribution in [3.05, 3.63) is 29.3 Å². The van der Waals surface area contributed by atoms with Crippen molar-refractivity contribution in [2.24, 2.45) is 22.6 Å². The van der Waals surface area contributed by atoms with E-state index in [0.717, 1.165) is 25.3 Å². The number of aliphatic imine (C=N–C) groups is 1. The number of nitrogens with one attached hydrogen (secondary N) is 1. The van der Waals surface area contributed by atoms with E-state index in [9.17, 15) is 0 Å². The van der Waals surface area contributed by atoms with Crippen molar-refractivity contribution < 1.29 is 4.74 Å². The SMILES string of the molecule is Cc1ccc(NC(N)=NCC2CCCOC2C(C)C)cc1C.I. The summed E-state index contributed by atoms with van der Waals surface area (Å²) in [4.78, 5) is 4.53. The van der Waals surface area contributed by atoms with Crippen molar-refractivity contribution in [1.82, 2.24) is 0 Å². The maximum atomic E-state index is 6.03. The zero-order valence-electron chi connectivity index (χ0n) is 14.6. The molecule has 1 aliphatic rings. The average molecular weight is 431 g/mol. The molecule has 4 nitrogen and oxygen atoms in total. The number of aryl methyl sites for hydroxylation is 2. The number of nitrogens with zero attached hydrogens (tertiary/aromatic N) is 1. The van der Waals surface area contributed by atoms with Crippen molar-refractivity contribution in [2.75, 3.05) is 18.5 Å². The number of hydrogen-bond acceptors (Lipinski definition) is 2. The van der Waals surface area contributed by atoms with Gasteiger partial charge in [0.15, 0.2) is 5.96 Å². The topological polar surface area (TPSA) is 59.6 Å². The molecular formula is C18H30IN3O. The van der Waals surface area contributed by atoms with Gasteiger partial charge in [0, 0.05) is 24.8 Å². The van der Waals surface area contributed by atoms with Crippen molar-refractivity contribution >= 4 is 35.6 Å². The minimum Gasteiger partial charge on any atom is -0.378 e. The molecule has 1 aromatic carbocycles. The Kier molecular flexibility index (Phi) is 8.33. The highest BCUT2D eigenvalue weighted by molar-refractivity contribution is 14.0. The Bertz CT molecular complexity index is 531. The second-order valence-electron chi connectivity index (χ2n) is 6.63. The molecule has 0 aliphatic carbocycles. The monoisotopic (exact) mass is 431 g/mol. The van der Waals surface area contributed by atoms with Crippen LogP contribution in [-0.2, 0) is 4.74 Å². The average Bonchev–Trinajstić information content (AvgIpc) is 2.49. The molecular weight excluding hydrogens is 401 g/mol. The Hall–Kier alpha value is -0.820. The van der Waals surface area contributed by atoms with Crippen molar-refractivity contribution in [3.63, 3.8) is 0 Å². The maximum absolute atomic E-state index is 6.03. The molecule has 0 radical (unpaired) electrons. The van der Waals surface area contributed by atoms with Crippen LogP contribution in [0.3, 0.4) is 0 Å². The highest BCUT2D eigenvalue weighted by Gasteiger charge is 2.28. The van der Waals surface area contributed by atoms with Gasteiger partial charge >= 0.3 is 0 Å². The molecule has 2 unspecified atom stereocenters. The number of benzene rings is 1. The third-order valence-corrected chi connectivity index (χ3v) is 4.43. The van der Waals surface area contributed by atoms with Gasteiger partial charge in [-0.3, -0.25) is 4.99 Å². The fraction of sp³-hybridized carbons (Fsp3) is 0.611. The Morgan fingerprint density at radius 1 is 1.35 bits per heavy atom. The van der Waals surface area contributed by atoms with Gasteiger partial charge in [0.1, 0.15) is 0 Å². The summed E-state index contributed by atoms with van der Waals surface area (Å²) in [6.45, 7) is 10.2. The number of guanidine groups is 1. The van der Waals surface area contributed by atoms with Gasteiger partial charge in [-0.1, -0.05) is 19.9 Å². The molecule has 1 fully saturated rings. The number of nitrogens with two attached hydrogens (primary N) is 1. The van der Waals surface area contributed by atoms with Gasteiger partial charge in [-0.15, -0.1) is 24.0 Å². The highest BCUT2D eigenvalue weighted by atomic mass is 127. The molecule has 1 aliphatic heterocycles. The summed E-state index contributed by atoms with van der Waals surface area (Å²) in [5.74, 6) is 1.47. The molecule has 0 aromatic heterocycles. The molecule has 0 bridgehead atoms. The fourth-order valence-electron chi connectivity index (χ4n) is 3.02. The Morgan fingerprint density at radius 2 is 2.09 bits per heavy atom. The van der Waals surface area contributed by atoms with Crippen LogP contribution >= 0.6 is 24.0 Å². The smallest absolute Gasteiger partial charge is 0.193 e. The van der Waals surface area contributed by atoms with E-state index in [1.54, 1.807) is 0 Å². The van der Waals surface area contributed by atoms with Crippen LogP contribution in [0, 0.1) is 25.7 Å². The molecule has 130 valence electrons. The van der Waals surface area contributed by atoms with Crippen LogP contribution in [0.5, 0.6) is 0 Å². The Morgan fingerprint density at radius 3 is 2.74 bits per heavy atom. The van der Waals surface area contributed by atoms with Crippen LogP contribution in [0.4, 0.5) is 5.69 Å². The molecule has 0 saturated carbocycles. The van der Waals surface area contributed by atoms with E-state index in [0.29, 0.717) is 23.9 Å². The summed E-state index contributed by atoms with van der Waals surface area (Å²) < 4.78 is 5.90. The van der Waals surface area contributed by atoms with Gasteiger partial charge in [0.05, 0.1) is 6.10 Å². The summed E-state index contributed by atoms with van der Waals surface area (Å²) in [6.07, 6.45) is 2.59. The first-order chi connectivity index (χ1) is 10.5. The molecule has 3 N–H and O–H groups in total. The minimum atomic E-state index is 0. The Labute approximate surface area is 157 Å². The van der Waals surface area contributed by atoms with Crippen LogP contribution < -0.4 is 11.1 Å². The van der Waals surface area contributed by atoms with Crippen LogP contribution in [-0.4, -0.2) is 25.2 Å². The second kappa shape index (κ2) is 9.47. The number of halogens is 1. The summed E-state index contributed by atoms with van der Waals surface area (Å²) >= 11 is 0. The molecule has 0 spiro atoms. The van der Waals surface area contributed by atoms with E-state index < -0.39 is 0 Å². The predicted molar refractivity (Wildman–Crippen MR) is 109 cm³/mol. The third-order valence-electron chi connectivity index (χ3n) is 4.43. The standard InChI is InChI=1S/C18H29N3O.HI/c1-12(2)17-15(6-5-9-22-17)11-20-18(19)21-16-8-7-13(3)14(4)10-16;/h7-8,10,12,15,17H,5-6,9,11H2,1-4H3,(H3,19,20,21);1H. The lowest BCUT2D eigenvalue weighted by molar-refractivity contribution is -0.0491. The first kappa shape index (κ1) is 20.2. The lowest BCUT2D eigenvalue weighted by Gasteiger charge is -2.33. The van der Waals surface area contributed by atoms with E-state index in [4.69, 9.17) is 10.5 Å². The lowest BCUT2D eigenvalue weighted by Crippen LogP contribution is -2.36. The summed E-state index contributed by atoms with van der Waals surface area (Å²) in [5.41, 5.74) is 9.55. The highest BCUT2D eigenvalue weighted by Crippen LogP contribution is 2.26. The van der Waals surface area contributed by atoms with E-state index in [1.807, 2.05) is 6.07 Å². The zero-order valence-corrected chi connectivity index (χ0v) is 17.0. The van der Waals surface area contributed by atoms with E-state index in [-0.39, 0.29) is 24.0 Å². The minimum absolute atomic E-state index is 0. The number of rotatable bonds is 4. The normalized spacial score (nSPS) is 21.9. The van der Waals surface area contributed by atoms with E-state index in [2.05, 4.69) is 50.1 Å². The largest absolute Gasteiger partial charge is 0.378 e. The maximum Gasteiger partial charge on any atom is 0.193 e. The summed E-state index contributed by atoms with van der Waals surface area (Å²) in [5, 5.41) is 3.18. The van der Waals surface area contributed by atoms with E-state index >= 15 is 0 Å². The van der Waals surface area contributed by atoms with Gasteiger partial charge in [-0.05, 0) is 55.9 Å². The Balaban J connectivity index is 0.00000264. The molecule has 2 rings (SSSR count). The number of ether oxygens (including phenoxy) is 1. The van der Waals surface area contributed by atoms with Gasteiger partial charge in [-0.25, -0.2) is 0 Å². The van der Waals surface area contributed by atoms with E-state index in [1.165, 1.54) is 17.5 Å². The summed E-state index contributed by atoms with van der Waals surface area (Å²) in [7, 11) is 0. The van der Waals surface area contributed by atoms with Crippen LogP contribution in [0.15, 0.2) is 23.2 Å². The molecule has 23 heavy (non-hydrogen) atoms. The van der Waals surface area contributed by atoms with Gasteiger partial charge in [-0.2, -0.15) is 0 Å². The zero-order chi connectivity index (χ0) is 16.1. The fourth-order valence-corrected chi connectivity index (χ4v) is 3.02. The lowest BCUT2D eigenvalue weighted by atomic mass is 9.87. The van der Waals surface area contributed by atoms with Crippen LogP contribution in [0.25, 0.3) is 0 Å². The van der Waals surface area contributed by atoms with Crippen molar-refractivity contribution in [2.45, 2.75) is 46.6 Å². The molecule has 1 saturated heterocycles. The second-order valence-corrected chi connectivity index (χ2v) is 6.63. The van der Waals surface area contributed by atoms with Gasteiger partial charge in [0.2, 0.25) is 0 Å². The molecule has 1 aromatic rings. The first-order valence-electron chi connectivity index (χ1n) is 8.23. The molecule has 0 amide bonds. The molecule has 2 atom stereocenters. The predicted octanol–water partition coefficient (Wildman–Crippen LogP) is 4.10. The first-order valence-corrected chi connectivity index (χ1v) is 8.23.